The SMILES string of the molecule is CCn1c(CS(=O)(=O)c2ccccc2)nnc1SCc1c(Cl)ccc(Cl)c1Cl. The first-order chi connectivity index (χ1) is 13.3. The van der Waals surface area contributed by atoms with E-state index in [1.54, 1.807) is 47.0 Å². The Morgan fingerprint density at radius 1 is 1.00 bits per heavy atom. The third kappa shape index (κ3) is 4.66. The molecule has 0 unspecified atom stereocenters. The van der Waals surface area contributed by atoms with Crippen molar-refractivity contribution in [1.29, 1.82) is 0 Å². The number of benzene rings is 2. The summed E-state index contributed by atoms with van der Waals surface area (Å²) in [6, 6.07) is 11.6. The predicted molar refractivity (Wildman–Crippen MR) is 114 cm³/mol. The molecule has 0 spiro atoms. The fourth-order valence-corrected chi connectivity index (χ4v) is 5.76. The van der Waals surface area contributed by atoms with Crippen LogP contribution < -0.4 is 0 Å². The number of halogens is 3. The van der Waals surface area contributed by atoms with Crippen LogP contribution >= 0.6 is 46.6 Å². The number of aromatic nitrogens is 3. The quantitative estimate of drug-likeness (QED) is 0.331. The van der Waals surface area contributed by atoms with Crippen molar-refractivity contribution in [2.45, 2.75) is 35.0 Å². The van der Waals surface area contributed by atoms with Crippen molar-refractivity contribution in [3.8, 4) is 0 Å². The van der Waals surface area contributed by atoms with E-state index in [1.807, 2.05) is 6.92 Å². The van der Waals surface area contributed by atoms with Gasteiger partial charge in [-0.1, -0.05) is 64.8 Å². The Labute approximate surface area is 182 Å². The second kappa shape index (κ2) is 9.05. The predicted octanol–water partition coefficient (Wildman–Crippen LogP) is 5.52. The summed E-state index contributed by atoms with van der Waals surface area (Å²) in [5.41, 5.74) is 0.699. The summed E-state index contributed by atoms with van der Waals surface area (Å²) in [7, 11) is -3.51. The molecule has 0 fully saturated rings. The fraction of sp³-hybridized carbons (Fsp3) is 0.222. The Morgan fingerprint density at radius 2 is 1.68 bits per heavy atom. The number of hydrogen-bond donors (Lipinski definition) is 0. The highest BCUT2D eigenvalue weighted by atomic mass is 35.5. The zero-order valence-electron chi connectivity index (χ0n) is 14.8. The van der Waals surface area contributed by atoms with Crippen LogP contribution in [0.3, 0.4) is 0 Å². The lowest BCUT2D eigenvalue weighted by molar-refractivity contribution is 0.588. The summed E-state index contributed by atoms with van der Waals surface area (Å²) in [6.45, 7) is 2.44. The average Bonchev–Trinajstić information content (AvgIpc) is 3.06. The molecule has 0 amide bonds. The first-order valence-corrected chi connectivity index (χ1v) is 12.1. The minimum atomic E-state index is -3.51. The van der Waals surface area contributed by atoms with Crippen molar-refractivity contribution in [3.63, 3.8) is 0 Å². The van der Waals surface area contributed by atoms with Gasteiger partial charge in [0.15, 0.2) is 15.0 Å². The molecule has 0 atom stereocenters. The zero-order valence-corrected chi connectivity index (χ0v) is 18.7. The van der Waals surface area contributed by atoms with Gasteiger partial charge in [-0.05, 0) is 31.2 Å². The molecule has 1 heterocycles. The topological polar surface area (TPSA) is 64.8 Å². The molecule has 1 aromatic heterocycles. The van der Waals surface area contributed by atoms with E-state index in [4.69, 9.17) is 34.8 Å². The van der Waals surface area contributed by atoms with Crippen molar-refractivity contribution >= 4 is 56.4 Å². The Balaban J connectivity index is 1.82. The number of thioether (sulfide) groups is 1. The molecule has 0 N–H and O–H groups in total. The van der Waals surface area contributed by atoms with E-state index < -0.39 is 9.84 Å². The van der Waals surface area contributed by atoms with Crippen LogP contribution in [0.4, 0.5) is 0 Å². The molecular formula is C18H16Cl3N3O2S2. The van der Waals surface area contributed by atoms with E-state index in [0.29, 0.717) is 43.9 Å². The fourth-order valence-electron chi connectivity index (χ4n) is 2.57. The van der Waals surface area contributed by atoms with Gasteiger partial charge in [-0.15, -0.1) is 10.2 Å². The zero-order chi connectivity index (χ0) is 20.3. The molecular weight excluding hydrogens is 461 g/mol. The molecule has 0 saturated carbocycles. The van der Waals surface area contributed by atoms with Gasteiger partial charge in [0.2, 0.25) is 0 Å². The van der Waals surface area contributed by atoms with Gasteiger partial charge in [-0.25, -0.2) is 8.42 Å². The van der Waals surface area contributed by atoms with Gasteiger partial charge in [0.25, 0.3) is 0 Å². The van der Waals surface area contributed by atoms with E-state index in [-0.39, 0.29) is 10.6 Å². The highest BCUT2D eigenvalue weighted by Gasteiger charge is 2.21. The van der Waals surface area contributed by atoms with Crippen LogP contribution in [-0.4, -0.2) is 23.2 Å². The maximum atomic E-state index is 12.6. The maximum Gasteiger partial charge on any atom is 0.191 e. The lowest BCUT2D eigenvalue weighted by Crippen LogP contribution is -2.11. The Bertz CT molecular complexity index is 1090. The molecule has 3 rings (SSSR count). The third-order valence-electron chi connectivity index (χ3n) is 4.02. The summed E-state index contributed by atoms with van der Waals surface area (Å²) in [5.74, 6) is 0.593. The molecule has 0 radical (unpaired) electrons. The lowest BCUT2D eigenvalue weighted by Gasteiger charge is -2.10. The lowest BCUT2D eigenvalue weighted by atomic mass is 10.2. The van der Waals surface area contributed by atoms with Crippen molar-refractivity contribution in [2.24, 2.45) is 0 Å². The van der Waals surface area contributed by atoms with Gasteiger partial charge in [0.05, 0.1) is 14.9 Å². The van der Waals surface area contributed by atoms with Crippen LogP contribution in [0.15, 0.2) is 52.5 Å². The monoisotopic (exact) mass is 475 g/mol. The van der Waals surface area contributed by atoms with E-state index in [2.05, 4.69) is 10.2 Å². The summed E-state index contributed by atoms with van der Waals surface area (Å²) >= 11 is 19.9. The Kier molecular flexibility index (Phi) is 6.94. The minimum absolute atomic E-state index is 0.225. The largest absolute Gasteiger partial charge is 0.305 e. The number of sulfone groups is 1. The smallest absolute Gasteiger partial charge is 0.191 e. The normalized spacial score (nSPS) is 11.7. The third-order valence-corrected chi connectivity index (χ3v) is 7.84. The molecule has 28 heavy (non-hydrogen) atoms. The second-order valence-electron chi connectivity index (χ2n) is 5.83. The van der Waals surface area contributed by atoms with Gasteiger partial charge in [-0.2, -0.15) is 0 Å². The van der Waals surface area contributed by atoms with Crippen LogP contribution in [-0.2, 0) is 27.9 Å². The van der Waals surface area contributed by atoms with E-state index in [9.17, 15) is 8.42 Å². The summed E-state index contributed by atoms with van der Waals surface area (Å²) in [4.78, 5) is 0.257. The van der Waals surface area contributed by atoms with Gasteiger partial charge in [0, 0.05) is 22.9 Å². The van der Waals surface area contributed by atoms with Crippen LogP contribution in [0.5, 0.6) is 0 Å². The molecule has 0 aliphatic carbocycles. The molecule has 3 aromatic rings. The van der Waals surface area contributed by atoms with Crippen LogP contribution in [0.2, 0.25) is 15.1 Å². The Hall–Kier alpha value is -1.25. The van der Waals surface area contributed by atoms with Crippen molar-refractivity contribution in [3.05, 3.63) is 68.9 Å². The maximum absolute atomic E-state index is 12.6. The van der Waals surface area contributed by atoms with Crippen molar-refractivity contribution in [2.75, 3.05) is 0 Å². The highest BCUT2D eigenvalue weighted by Crippen LogP contribution is 2.35. The minimum Gasteiger partial charge on any atom is -0.305 e. The standard InChI is InChI=1S/C18H16Cl3N3O2S2/c1-2-24-16(11-28(25,26)12-6-4-3-5-7-12)22-23-18(24)27-10-13-14(19)8-9-15(20)17(13)21/h3-9H,2,10-11H2,1H3. The van der Waals surface area contributed by atoms with Gasteiger partial charge in [-0.3, -0.25) is 0 Å². The second-order valence-corrected chi connectivity index (χ2v) is 9.95. The van der Waals surface area contributed by atoms with Gasteiger partial charge < -0.3 is 4.57 Å². The first kappa shape index (κ1) is 21.5. The molecule has 0 aliphatic rings. The van der Waals surface area contributed by atoms with Crippen LogP contribution in [0.1, 0.15) is 18.3 Å². The summed E-state index contributed by atoms with van der Waals surface area (Å²) in [6.07, 6.45) is 0. The van der Waals surface area contributed by atoms with Gasteiger partial charge in [0.1, 0.15) is 11.6 Å². The van der Waals surface area contributed by atoms with E-state index in [1.165, 1.54) is 11.8 Å². The average molecular weight is 477 g/mol. The number of rotatable bonds is 7. The van der Waals surface area contributed by atoms with E-state index >= 15 is 0 Å². The number of nitrogens with zero attached hydrogens (tertiary/aromatic N) is 3. The first-order valence-electron chi connectivity index (χ1n) is 8.28. The summed E-state index contributed by atoms with van der Waals surface area (Å²) in [5, 5.41) is 10.2. The van der Waals surface area contributed by atoms with E-state index in [0.717, 1.165) is 0 Å². The molecule has 0 bridgehead atoms. The molecule has 2 aromatic carbocycles. The highest BCUT2D eigenvalue weighted by molar-refractivity contribution is 7.98. The molecule has 148 valence electrons. The Morgan fingerprint density at radius 3 is 2.36 bits per heavy atom. The molecule has 10 heteroatoms. The van der Waals surface area contributed by atoms with Crippen molar-refractivity contribution < 1.29 is 8.42 Å². The molecule has 5 nitrogen and oxygen atoms in total. The van der Waals surface area contributed by atoms with Crippen LogP contribution in [0, 0.1) is 0 Å². The summed E-state index contributed by atoms with van der Waals surface area (Å²) < 4.78 is 27.1. The molecule has 0 aliphatic heterocycles. The van der Waals surface area contributed by atoms with Crippen molar-refractivity contribution in [1.82, 2.24) is 14.8 Å². The molecule has 0 saturated heterocycles. The van der Waals surface area contributed by atoms with Gasteiger partial charge >= 0.3 is 0 Å². The van der Waals surface area contributed by atoms with Crippen LogP contribution in [0.25, 0.3) is 0 Å². The number of hydrogen-bond acceptors (Lipinski definition) is 5.